The van der Waals surface area contributed by atoms with Crippen molar-refractivity contribution in [2.45, 2.75) is 31.9 Å². The van der Waals surface area contributed by atoms with E-state index in [0.717, 1.165) is 49.4 Å². The van der Waals surface area contributed by atoms with Crippen LogP contribution >= 0.6 is 0 Å². The highest BCUT2D eigenvalue weighted by atomic mass is 16.7. The predicted octanol–water partition coefficient (Wildman–Crippen LogP) is 2.31. The van der Waals surface area contributed by atoms with Crippen molar-refractivity contribution >= 4 is 17.5 Å². The summed E-state index contributed by atoms with van der Waals surface area (Å²) in [5.74, 6) is 1.93. The fourth-order valence-corrected chi connectivity index (χ4v) is 4.38. The van der Waals surface area contributed by atoms with Crippen LogP contribution in [0, 0.1) is 0 Å². The summed E-state index contributed by atoms with van der Waals surface area (Å²) in [5.41, 5.74) is 1.76. The summed E-state index contributed by atoms with van der Waals surface area (Å²) in [6, 6.07) is 13.2. The first-order valence-corrected chi connectivity index (χ1v) is 11.1. The van der Waals surface area contributed by atoms with Gasteiger partial charge >= 0.3 is 0 Å². The van der Waals surface area contributed by atoms with Gasteiger partial charge in [-0.15, -0.1) is 0 Å². The van der Waals surface area contributed by atoms with Gasteiger partial charge in [-0.25, -0.2) is 0 Å². The number of carbonyl (C=O) groups is 2. The number of rotatable bonds is 5. The predicted molar refractivity (Wildman–Crippen MR) is 118 cm³/mol. The van der Waals surface area contributed by atoms with Crippen molar-refractivity contribution in [3.05, 3.63) is 48.0 Å². The Labute approximate surface area is 187 Å². The van der Waals surface area contributed by atoms with Crippen LogP contribution in [-0.2, 0) is 16.1 Å². The molecule has 0 unspecified atom stereocenters. The van der Waals surface area contributed by atoms with Gasteiger partial charge in [0.25, 0.3) is 5.91 Å². The molecule has 2 aromatic rings. The number of amides is 2. The molecule has 0 bridgehead atoms. The van der Waals surface area contributed by atoms with Gasteiger partial charge in [-0.3, -0.25) is 9.59 Å². The van der Waals surface area contributed by atoms with Crippen LogP contribution in [0.1, 0.15) is 24.8 Å². The number of ether oxygens (including phenoxy) is 3. The number of anilines is 1. The summed E-state index contributed by atoms with van der Waals surface area (Å²) in [6.07, 6.45) is 2.61. The molecule has 5 rings (SSSR count). The number of fused-ring (bicyclic) bond motifs is 2. The van der Waals surface area contributed by atoms with Crippen molar-refractivity contribution in [1.29, 1.82) is 0 Å². The maximum absolute atomic E-state index is 13.0. The minimum absolute atomic E-state index is 0.00460. The standard InChI is InChI=1S/C24H27N3O5/c28-23(25-13-17-8-9-20-21(12-17)31-16-30-20)15-27-14-22(24(29)26-10-4-1-5-11-26)32-19-7-3-2-6-18(19)27/h2-3,6-9,12,22H,1,4-5,10-11,13-16H2,(H,25,28)/t22-/m0/s1. The smallest absolute Gasteiger partial charge is 0.265 e. The zero-order valence-electron chi connectivity index (χ0n) is 17.9. The monoisotopic (exact) mass is 437 g/mol. The Bertz CT molecular complexity index is 1000. The largest absolute Gasteiger partial charge is 0.477 e. The maximum atomic E-state index is 13.0. The second kappa shape index (κ2) is 8.98. The molecule has 1 N–H and O–H groups in total. The zero-order chi connectivity index (χ0) is 21.9. The van der Waals surface area contributed by atoms with Crippen LogP contribution in [-0.4, -0.2) is 55.8 Å². The van der Waals surface area contributed by atoms with Gasteiger partial charge in [0.2, 0.25) is 12.7 Å². The Kier molecular flexibility index (Phi) is 5.75. The molecular formula is C24H27N3O5. The van der Waals surface area contributed by atoms with Crippen molar-refractivity contribution in [3.63, 3.8) is 0 Å². The molecule has 1 saturated heterocycles. The van der Waals surface area contributed by atoms with Gasteiger partial charge in [-0.2, -0.15) is 0 Å². The van der Waals surface area contributed by atoms with Gasteiger partial charge < -0.3 is 29.3 Å². The molecule has 8 heteroatoms. The molecule has 0 aromatic heterocycles. The number of hydrogen-bond acceptors (Lipinski definition) is 6. The van der Waals surface area contributed by atoms with E-state index in [4.69, 9.17) is 14.2 Å². The van der Waals surface area contributed by atoms with Crippen LogP contribution in [0.3, 0.4) is 0 Å². The Morgan fingerprint density at radius 2 is 1.78 bits per heavy atom. The minimum atomic E-state index is -0.607. The van der Waals surface area contributed by atoms with E-state index < -0.39 is 6.10 Å². The lowest BCUT2D eigenvalue weighted by molar-refractivity contribution is -0.139. The number of hydrogen-bond donors (Lipinski definition) is 1. The number of para-hydroxylation sites is 2. The van der Waals surface area contributed by atoms with E-state index >= 15 is 0 Å². The second-order valence-electron chi connectivity index (χ2n) is 8.31. The summed E-state index contributed by atoms with van der Waals surface area (Å²) in [5, 5.41) is 2.96. The number of carbonyl (C=O) groups excluding carboxylic acids is 2. The van der Waals surface area contributed by atoms with Crippen LogP contribution in [0.25, 0.3) is 0 Å². The van der Waals surface area contributed by atoms with E-state index in [1.165, 1.54) is 0 Å². The van der Waals surface area contributed by atoms with E-state index in [0.29, 0.717) is 24.6 Å². The third kappa shape index (κ3) is 4.30. The number of piperidine rings is 1. The average Bonchev–Trinajstić information content (AvgIpc) is 3.31. The van der Waals surface area contributed by atoms with Crippen LogP contribution < -0.4 is 24.4 Å². The molecular weight excluding hydrogens is 410 g/mol. The molecule has 2 aromatic carbocycles. The molecule has 3 aliphatic heterocycles. The van der Waals surface area contributed by atoms with Gasteiger partial charge in [-0.05, 0) is 49.1 Å². The Morgan fingerprint density at radius 1 is 0.969 bits per heavy atom. The zero-order valence-corrected chi connectivity index (χ0v) is 17.9. The maximum Gasteiger partial charge on any atom is 0.265 e. The molecule has 2 amide bonds. The lowest BCUT2D eigenvalue weighted by atomic mass is 10.1. The Balaban J connectivity index is 1.24. The van der Waals surface area contributed by atoms with E-state index in [1.807, 2.05) is 52.3 Å². The van der Waals surface area contributed by atoms with Gasteiger partial charge in [0.1, 0.15) is 5.75 Å². The minimum Gasteiger partial charge on any atom is -0.477 e. The van der Waals surface area contributed by atoms with Crippen LogP contribution in [0.5, 0.6) is 17.2 Å². The average molecular weight is 437 g/mol. The molecule has 32 heavy (non-hydrogen) atoms. The molecule has 8 nitrogen and oxygen atoms in total. The van der Waals surface area contributed by atoms with Gasteiger partial charge in [-0.1, -0.05) is 18.2 Å². The molecule has 3 aliphatic rings. The highest BCUT2D eigenvalue weighted by molar-refractivity contribution is 5.86. The van der Waals surface area contributed by atoms with E-state index in [9.17, 15) is 9.59 Å². The molecule has 0 saturated carbocycles. The summed E-state index contributed by atoms with van der Waals surface area (Å²) >= 11 is 0. The molecule has 3 heterocycles. The third-order valence-corrected chi connectivity index (χ3v) is 6.07. The molecule has 0 aliphatic carbocycles. The fraction of sp³-hybridized carbons (Fsp3) is 0.417. The van der Waals surface area contributed by atoms with Crippen molar-refractivity contribution in [2.75, 3.05) is 37.9 Å². The number of benzene rings is 2. The highest BCUT2D eigenvalue weighted by Gasteiger charge is 2.34. The van der Waals surface area contributed by atoms with Crippen molar-refractivity contribution in [3.8, 4) is 17.2 Å². The van der Waals surface area contributed by atoms with Crippen molar-refractivity contribution < 1.29 is 23.8 Å². The lowest BCUT2D eigenvalue weighted by Gasteiger charge is -2.38. The van der Waals surface area contributed by atoms with Gasteiger partial charge in [0.05, 0.1) is 18.8 Å². The quantitative estimate of drug-likeness (QED) is 0.773. The first kappa shape index (κ1) is 20.5. The molecule has 168 valence electrons. The van der Waals surface area contributed by atoms with Crippen molar-refractivity contribution in [2.24, 2.45) is 0 Å². The Morgan fingerprint density at radius 3 is 2.66 bits per heavy atom. The van der Waals surface area contributed by atoms with E-state index in [-0.39, 0.29) is 25.2 Å². The van der Waals surface area contributed by atoms with Crippen LogP contribution in [0.15, 0.2) is 42.5 Å². The SMILES string of the molecule is O=C(CN1C[C@@H](C(=O)N2CCCCC2)Oc2ccccc21)NCc1ccc2c(c1)OCO2. The lowest BCUT2D eigenvalue weighted by Crippen LogP contribution is -2.53. The van der Waals surface area contributed by atoms with Crippen LogP contribution in [0.4, 0.5) is 5.69 Å². The summed E-state index contributed by atoms with van der Waals surface area (Å²) in [7, 11) is 0. The number of nitrogens with one attached hydrogen (secondary N) is 1. The second-order valence-corrected chi connectivity index (χ2v) is 8.31. The van der Waals surface area contributed by atoms with E-state index in [2.05, 4.69) is 5.32 Å². The first-order chi connectivity index (χ1) is 15.7. The number of likely N-dealkylation sites (tertiary alicyclic amines) is 1. The van der Waals surface area contributed by atoms with Crippen LogP contribution in [0.2, 0.25) is 0 Å². The van der Waals surface area contributed by atoms with Crippen molar-refractivity contribution in [1.82, 2.24) is 10.2 Å². The summed E-state index contributed by atoms with van der Waals surface area (Å²) < 4.78 is 16.8. The fourth-order valence-electron chi connectivity index (χ4n) is 4.38. The summed E-state index contributed by atoms with van der Waals surface area (Å²) in [4.78, 5) is 29.6. The normalized spacial score (nSPS) is 19.2. The molecule has 0 spiro atoms. The molecule has 0 radical (unpaired) electrons. The molecule has 1 atom stereocenters. The highest BCUT2D eigenvalue weighted by Crippen LogP contribution is 2.34. The topological polar surface area (TPSA) is 80.3 Å². The van der Waals surface area contributed by atoms with Gasteiger partial charge in [0, 0.05) is 19.6 Å². The first-order valence-electron chi connectivity index (χ1n) is 11.1. The van der Waals surface area contributed by atoms with E-state index in [1.54, 1.807) is 0 Å². The molecule has 1 fully saturated rings. The third-order valence-electron chi connectivity index (χ3n) is 6.07. The Hall–Kier alpha value is -3.42. The number of nitrogens with zero attached hydrogens (tertiary/aromatic N) is 2. The summed E-state index contributed by atoms with van der Waals surface area (Å²) in [6.45, 7) is 2.65. The van der Waals surface area contributed by atoms with Gasteiger partial charge in [0.15, 0.2) is 17.6 Å².